The Balaban J connectivity index is 0.000000672. The predicted octanol–water partition coefficient (Wildman–Crippen LogP) is 5.94. The third kappa shape index (κ3) is 10.8. The van der Waals surface area contributed by atoms with Gasteiger partial charge in [-0.1, -0.05) is 112 Å². The molecule has 0 unspecified atom stereocenters. The minimum Gasteiger partial charge on any atom is -0.372 e. The first kappa shape index (κ1) is 25.4. The Morgan fingerprint density at radius 3 is 1.37 bits per heavy atom. The van der Waals surface area contributed by atoms with Gasteiger partial charge in [0, 0.05) is 0 Å². The second-order valence-electron chi connectivity index (χ2n) is 7.72. The minimum absolute atomic E-state index is 0.250. The van der Waals surface area contributed by atoms with Gasteiger partial charge in [0.15, 0.2) is 0 Å². The van der Waals surface area contributed by atoms with Crippen LogP contribution in [0.2, 0.25) is 0 Å². The van der Waals surface area contributed by atoms with E-state index in [0.717, 1.165) is 5.92 Å². The van der Waals surface area contributed by atoms with Gasteiger partial charge in [-0.05, 0) is 35.4 Å². The standard InChI is InChI=1S/C24H32.2CH3NO/c1-2-4-6-9-13-21(14-10-7-5-3-1)23-17-19-24(20-18-23)22-15-11-8-12-16-22;2*2-1-3/h8,11-12,15-21H,1-7,9-10,13-14H2;2*1H,(H2,2,3). The van der Waals surface area contributed by atoms with Crippen molar-refractivity contribution in [1.82, 2.24) is 0 Å². The van der Waals surface area contributed by atoms with E-state index < -0.39 is 0 Å². The molecule has 0 bridgehead atoms. The summed E-state index contributed by atoms with van der Waals surface area (Å²) in [5, 5.41) is 0. The fourth-order valence-corrected chi connectivity index (χ4v) is 4.07. The maximum atomic E-state index is 8.58. The zero-order valence-corrected chi connectivity index (χ0v) is 18.2. The van der Waals surface area contributed by atoms with E-state index >= 15 is 0 Å². The van der Waals surface area contributed by atoms with Crippen molar-refractivity contribution in [3.63, 3.8) is 0 Å². The molecular weight excluding hydrogens is 372 g/mol. The van der Waals surface area contributed by atoms with E-state index in [9.17, 15) is 0 Å². The van der Waals surface area contributed by atoms with E-state index in [1.54, 1.807) is 5.56 Å². The van der Waals surface area contributed by atoms with Gasteiger partial charge >= 0.3 is 0 Å². The van der Waals surface area contributed by atoms with Crippen LogP contribution in [0, 0.1) is 0 Å². The smallest absolute Gasteiger partial charge is 0.204 e. The van der Waals surface area contributed by atoms with Gasteiger partial charge in [-0.2, -0.15) is 0 Å². The van der Waals surface area contributed by atoms with Gasteiger partial charge in [-0.15, -0.1) is 0 Å². The summed E-state index contributed by atoms with van der Waals surface area (Å²) in [5.41, 5.74) is 12.6. The van der Waals surface area contributed by atoms with Crippen LogP contribution in [0.3, 0.4) is 0 Å². The monoisotopic (exact) mass is 410 g/mol. The number of amides is 2. The van der Waals surface area contributed by atoms with E-state index in [1.165, 1.54) is 81.8 Å². The lowest BCUT2D eigenvalue weighted by molar-refractivity contribution is -0.107. The van der Waals surface area contributed by atoms with E-state index in [2.05, 4.69) is 66.1 Å². The number of carbonyl (C=O) groups is 2. The van der Waals surface area contributed by atoms with Crippen molar-refractivity contribution < 1.29 is 9.59 Å². The Bertz CT molecular complexity index is 653. The Morgan fingerprint density at radius 2 is 0.933 bits per heavy atom. The summed E-state index contributed by atoms with van der Waals surface area (Å²) >= 11 is 0. The Kier molecular flexibility index (Phi) is 14.6. The fraction of sp³-hybridized carbons (Fsp3) is 0.462. The van der Waals surface area contributed by atoms with Crippen LogP contribution in [0.4, 0.5) is 0 Å². The molecule has 0 aromatic heterocycles. The highest BCUT2D eigenvalue weighted by Crippen LogP contribution is 2.31. The molecule has 4 heteroatoms. The molecule has 2 aromatic carbocycles. The number of rotatable bonds is 2. The maximum Gasteiger partial charge on any atom is 0.204 e. The second-order valence-corrected chi connectivity index (χ2v) is 7.72. The third-order valence-corrected chi connectivity index (χ3v) is 5.59. The molecule has 4 nitrogen and oxygen atoms in total. The van der Waals surface area contributed by atoms with Crippen LogP contribution in [0.15, 0.2) is 54.6 Å². The number of hydrogen-bond acceptors (Lipinski definition) is 2. The first-order valence-electron chi connectivity index (χ1n) is 11.2. The number of hydrogen-bond donors (Lipinski definition) is 2. The van der Waals surface area contributed by atoms with Gasteiger partial charge < -0.3 is 11.5 Å². The second kappa shape index (κ2) is 17.3. The molecule has 1 fully saturated rings. The van der Waals surface area contributed by atoms with E-state index in [4.69, 9.17) is 9.59 Å². The lowest BCUT2D eigenvalue weighted by Gasteiger charge is -2.19. The lowest BCUT2D eigenvalue weighted by atomic mass is 9.87. The summed E-state index contributed by atoms with van der Waals surface area (Å²) in [5.74, 6) is 0.772. The molecule has 0 spiro atoms. The van der Waals surface area contributed by atoms with Crippen molar-refractivity contribution >= 4 is 12.8 Å². The van der Waals surface area contributed by atoms with Gasteiger partial charge in [-0.25, -0.2) is 0 Å². The summed E-state index contributed by atoms with van der Waals surface area (Å²) < 4.78 is 0. The first-order valence-corrected chi connectivity index (χ1v) is 11.2. The molecule has 4 N–H and O–H groups in total. The van der Waals surface area contributed by atoms with Crippen molar-refractivity contribution in [2.75, 3.05) is 0 Å². The normalized spacial score (nSPS) is 15.6. The van der Waals surface area contributed by atoms with Crippen LogP contribution in [-0.4, -0.2) is 12.8 Å². The zero-order chi connectivity index (χ0) is 21.9. The van der Waals surface area contributed by atoms with Gasteiger partial charge in [0.1, 0.15) is 0 Å². The topological polar surface area (TPSA) is 86.2 Å². The van der Waals surface area contributed by atoms with Crippen LogP contribution in [0.25, 0.3) is 11.1 Å². The molecular formula is C26H38N2O2. The molecule has 164 valence electrons. The predicted molar refractivity (Wildman–Crippen MR) is 126 cm³/mol. The first-order chi connectivity index (χ1) is 14.8. The van der Waals surface area contributed by atoms with Crippen LogP contribution in [0.5, 0.6) is 0 Å². The van der Waals surface area contributed by atoms with Gasteiger partial charge in [-0.3, -0.25) is 9.59 Å². The Labute approximate surface area is 182 Å². The molecule has 1 aliphatic rings. The molecule has 2 aromatic rings. The largest absolute Gasteiger partial charge is 0.372 e. The Hall–Kier alpha value is -2.62. The van der Waals surface area contributed by atoms with Crippen LogP contribution in [-0.2, 0) is 9.59 Å². The quantitative estimate of drug-likeness (QED) is 0.600. The minimum atomic E-state index is 0.250. The number of carbonyl (C=O) groups excluding carboxylic acids is 2. The molecule has 0 atom stereocenters. The fourth-order valence-electron chi connectivity index (χ4n) is 4.07. The zero-order valence-electron chi connectivity index (χ0n) is 18.2. The van der Waals surface area contributed by atoms with E-state index in [-0.39, 0.29) is 12.8 Å². The summed E-state index contributed by atoms with van der Waals surface area (Å²) in [6.07, 6.45) is 16.2. The van der Waals surface area contributed by atoms with Crippen LogP contribution in [0.1, 0.15) is 82.1 Å². The van der Waals surface area contributed by atoms with Gasteiger partial charge in [0.25, 0.3) is 0 Å². The number of nitrogens with two attached hydrogens (primary N) is 2. The van der Waals surface area contributed by atoms with Crippen LogP contribution < -0.4 is 11.5 Å². The van der Waals surface area contributed by atoms with Crippen molar-refractivity contribution in [1.29, 1.82) is 0 Å². The highest BCUT2D eigenvalue weighted by molar-refractivity contribution is 5.63. The summed E-state index contributed by atoms with van der Waals surface area (Å²) in [6, 6.07) is 20.1. The molecule has 0 aliphatic heterocycles. The summed E-state index contributed by atoms with van der Waals surface area (Å²) in [6.45, 7) is 0. The Morgan fingerprint density at radius 1 is 0.567 bits per heavy atom. The SMILES string of the molecule is NC=O.NC=O.c1ccc(-c2ccc(C3CCCCCCCCCCC3)cc2)cc1. The molecule has 2 amide bonds. The van der Waals surface area contributed by atoms with E-state index in [0.29, 0.717) is 0 Å². The third-order valence-electron chi connectivity index (χ3n) is 5.59. The number of primary amides is 2. The average Bonchev–Trinajstić information content (AvgIpc) is 2.76. The summed E-state index contributed by atoms with van der Waals surface area (Å²) in [7, 11) is 0. The highest BCUT2D eigenvalue weighted by Gasteiger charge is 2.12. The number of benzene rings is 2. The van der Waals surface area contributed by atoms with Crippen molar-refractivity contribution in [3.05, 3.63) is 60.2 Å². The highest BCUT2D eigenvalue weighted by atomic mass is 16.1. The van der Waals surface area contributed by atoms with Crippen molar-refractivity contribution in [2.45, 2.75) is 76.5 Å². The van der Waals surface area contributed by atoms with Gasteiger partial charge in [0.2, 0.25) is 12.8 Å². The lowest BCUT2D eigenvalue weighted by Crippen LogP contribution is -2.00. The molecule has 30 heavy (non-hydrogen) atoms. The van der Waals surface area contributed by atoms with Crippen molar-refractivity contribution in [2.24, 2.45) is 11.5 Å². The van der Waals surface area contributed by atoms with Crippen LogP contribution >= 0.6 is 0 Å². The molecule has 1 aliphatic carbocycles. The van der Waals surface area contributed by atoms with Crippen molar-refractivity contribution in [3.8, 4) is 11.1 Å². The molecule has 1 saturated carbocycles. The molecule has 0 radical (unpaired) electrons. The van der Waals surface area contributed by atoms with Gasteiger partial charge in [0.05, 0.1) is 0 Å². The molecule has 0 heterocycles. The average molecular weight is 411 g/mol. The summed E-state index contributed by atoms with van der Waals surface area (Å²) in [4.78, 5) is 17.2. The molecule has 0 saturated heterocycles. The maximum absolute atomic E-state index is 8.58. The molecule has 3 rings (SSSR count). The van der Waals surface area contributed by atoms with E-state index in [1.807, 2.05) is 0 Å².